The zero-order chi connectivity index (χ0) is 9.56. The Hall–Kier alpha value is -1.78. The molecule has 4 N–H and O–H groups in total. The number of hydrogen-bond acceptors (Lipinski definition) is 2. The van der Waals surface area contributed by atoms with Crippen molar-refractivity contribution in [3.8, 4) is 0 Å². The van der Waals surface area contributed by atoms with E-state index in [4.69, 9.17) is 15.6 Å². The number of H-pyrrole nitrogens is 1. The van der Waals surface area contributed by atoms with Gasteiger partial charge in [-0.3, -0.25) is 9.59 Å². The summed E-state index contributed by atoms with van der Waals surface area (Å²) in [5.74, 6) is -1.25. The Morgan fingerprint density at radius 3 is 2.25 bits per heavy atom. The van der Waals surface area contributed by atoms with Crippen LogP contribution in [0.25, 0.3) is 0 Å². The fourth-order valence-electron chi connectivity index (χ4n) is 0.484. The van der Waals surface area contributed by atoms with Crippen LogP contribution in [0.4, 0.5) is 0 Å². The molecule has 0 aliphatic heterocycles. The fourth-order valence-corrected chi connectivity index (χ4v) is 0.484. The minimum Gasteiger partial charge on any atom is -0.481 e. The van der Waals surface area contributed by atoms with Gasteiger partial charge in [-0.25, -0.2) is 0 Å². The van der Waals surface area contributed by atoms with Crippen LogP contribution in [0.2, 0.25) is 0 Å². The zero-order valence-corrected chi connectivity index (χ0v) is 6.57. The molecule has 0 spiro atoms. The summed E-state index contributed by atoms with van der Waals surface area (Å²) in [5, 5.41) is 7.42. The van der Waals surface area contributed by atoms with Gasteiger partial charge in [0.2, 0.25) is 0 Å². The summed E-state index contributed by atoms with van der Waals surface area (Å²) >= 11 is 0. The highest BCUT2D eigenvalue weighted by molar-refractivity contribution is 5.90. The lowest BCUT2D eigenvalue weighted by Crippen LogP contribution is -2.10. The number of carboxylic acids is 1. The molecular weight excluding hydrogens is 160 g/mol. The summed E-state index contributed by atoms with van der Waals surface area (Å²) in [6, 6.07) is 3.35. The maximum absolute atomic E-state index is 10.3. The van der Waals surface area contributed by atoms with Gasteiger partial charge < -0.3 is 15.8 Å². The third-order valence-electron chi connectivity index (χ3n) is 0.863. The first-order chi connectivity index (χ1) is 5.54. The summed E-state index contributed by atoms with van der Waals surface area (Å²) in [4.78, 5) is 21.9. The second kappa shape index (κ2) is 4.95. The third-order valence-corrected chi connectivity index (χ3v) is 0.863. The van der Waals surface area contributed by atoms with Gasteiger partial charge in [-0.05, 0) is 12.1 Å². The van der Waals surface area contributed by atoms with E-state index in [1.807, 2.05) is 0 Å². The molecule has 1 aromatic heterocycles. The maximum Gasteiger partial charge on any atom is 0.300 e. The number of carbonyl (C=O) groups excluding carboxylic acids is 1. The molecule has 5 nitrogen and oxygen atoms in total. The van der Waals surface area contributed by atoms with Gasteiger partial charge in [-0.15, -0.1) is 0 Å². The molecule has 1 aromatic rings. The molecule has 12 heavy (non-hydrogen) atoms. The van der Waals surface area contributed by atoms with Gasteiger partial charge in [0, 0.05) is 13.1 Å². The number of rotatable bonds is 1. The van der Waals surface area contributed by atoms with Crippen molar-refractivity contribution in [2.75, 3.05) is 0 Å². The lowest BCUT2D eigenvalue weighted by atomic mass is 10.4. The highest BCUT2D eigenvalue weighted by Crippen LogP contribution is 1.89. The number of carboxylic acid groups (broad SMARTS) is 1. The van der Waals surface area contributed by atoms with E-state index in [2.05, 4.69) is 4.98 Å². The zero-order valence-electron chi connectivity index (χ0n) is 6.57. The van der Waals surface area contributed by atoms with Gasteiger partial charge >= 0.3 is 0 Å². The molecule has 0 radical (unpaired) electrons. The molecule has 0 aliphatic rings. The van der Waals surface area contributed by atoms with Crippen LogP contribution >= 0.6 is 0 Å². The molecule has 0 atom stereocenters. The van der Waals surface area contributed by atoms with E-state index in [-0.39, 0.29) is 0 Å². The average molecular weight is 170 g/mol. The number of aromatic amines is 1. The van der Waals surface area contributed by atoms with E-state index in [0.717, 1.165) is 6.92 Å². The van der Waals surface area contributed by atoms with E-state index in [1.54, 1.807) is 18.3 Å². The van der Waals surface area contributed by atoms with Crippen molar-refractivity contribution in [1.29, 1.82) is 0 Å². The molecular formula is C7H10N2O3. The number of nitrogens with two attached hydrogens (primary N) is 1. The predicted octanol–water partition coefficient (Wildman–Crippen LogP) is 0.204. The molecule has 0 unspecified atom stereocenters. The molecule has 0 aliphatic carbocycles. The molecule has 1 rings (SSSR count). The van der Waals surface area contributed by atoms with Crippen LogP contribution in [0.1, 0.15) is 17.4 Å². The number of amides is 1. The molecule has 0 fully saturated rings. The standard InChI is InChI=1S/C5H6N2O.C2H4O2/c6-5(8)4-2-1-3-7-4;1-2(3)4/h1-3,7H,(H2,6,8);1H3,(H,3,4). The van der Waals surface area contributed by atoms with Crippen LogP contribution in [-0.2, 0) is 4.79 Å². The van der Waals surface area contributed by atoms with E-state index < -0.39 is 11.9 Å². The maximum atomic E-state index is 10.3. The quantitative estimate of drug-likeness (QED) is 0.561. The molecule has 5 heteroatoms. The largest absolute Gasteiger partial charge is 0.481 e. The van der Waals surface area contributed by atoms with E-state index in [9.17, 15) is 4.79 Å². The number of aliphatic carboxylic acids is 1. The van der Waals surface area contributed by atoms with E-state index in [0.29, 0.717) is 5.69 Å². The SMILES string of the molecule is CC(=O)O.NC(=O)c1ccc[nH]1. The van der Waals surface area contributed by atoms with Gasteiger partial charge in [0.25, 0.3) is 11.9 Å². The second-order valence-electron chi connectivity index (χ2n) is 1.97. The van der Waals surface area contributed by atoms with Crippen molar-refractivity contribution in [2.24, 2.45) is 5.73 Å². The van der Waals surface area contributed by atoms with Crippen molar-refractivity contribution in [1.82, 2.24) is 4.98 Å². The molecule has 0 saturated carbocycles. The third kappa shape index (κ3) is 5.04. The predicted molar refractivity (Wildman–Crippen MR) is 42.6 cm³/mol. The summed E-state index contributed by atoms with van der Waals surface area (Å²) in [6.45, 7) is 1.08. The smallest absolute Gasteiger partial charge is 0.300 e. The van der Waals surface area contributed by atoms with Gasteiger partial charge in [0.15, 0.2) is 0 Å². The van der Waals surface area contributed by atoms with Crippen molar-refractivity contribution >= 4 is 11.9 Å². The first-order valence-corrected chi connectivity index (χ1v) is 3.16. The van der Waals surface area contributed by atoms with Crippen molar-refractivity contribution in [3.05, 3.63) is 24.0 Å². The van der Waals surface area contributed by atoms with Crippen LogP contribution in [0.3, 0.4) is 0 Å². The van der Waals surface area contributed by atoms with Gasteiger partial charge in [-0.2, -0.15) is 0 Å². The molecule has 0 bridgehead atoms. The second-order valence-corrected chi connectivity index (χ2v) is 1.97. The van der Waals surface area contributed by atoms with E-state index >= 15 is 0 Å². The highest BCUT2D eigenvalue weighted by atomic mass is 16.4. The summed E-state index contributed by atoms with van der Waals surface area (Å²) in [5.41, 5.74) is 5.34. The van der Waals surface area contributed by atoms with Gasteiger partial charge in [0.1, 0.15) is 5.69 Å². The summed E-state index contributed by atoms with van der Waals surface area (Å²) < 4.78 is 0. The first-order valence-electron chi connectivity index (χ1n) is 3.16. The molecule has 0 saturated heterocycles. The van der Waals surface area contributed by atoms with Crippen molar-refractivity contribution in [3.63, 3.8) is 0 Å². The van der Waals surface area contributed by atoms with Crippen molar-refractivity contribution < 1.29 is 14.7 Å². The molecule has 1 amide bonds. The number of hydrogen-bond donors (Lipinski definition) is 3. The van der Waals surface area contributed by atoms with Crippen LogP contribution < -0.4 is 5.73 Å². The normalized spacial score (nSPS) is 8.08. The lowest BCUT2D eigenvalue weighted by molar-refractivity contribution is -0.134. The molecule has 0 aromatic carbocycles. The van der Waals surface area contributed by atoms with Crippen molar-refractivity contribution in [2.45, 2.75) is 6.92 Å². The van der Waals surface area contributed by atoms with Gasteiger partial charge in [0.05, 0.1) is 0 Å². The summed E-state index contributed by atoms with van der Waals surface area (Å²) in [6.07, 6.45) is 1.65. The lowest BCUT2D eigenvalue weighted by Gasteiger charge is -1.82. The molecule has 1 heterocycles. The van der Waals surface area contributed by atoms with Crippen LogP contribution in [-0.4, -0.2) is 22.0 Å². The Bertz CT molecular complexity index is 250. The first kappa shape index (κ1) is 10.2. The Balaban J connectivity index is 0.000000261. The minimum atomic E-state index is -0.833. The number of aromatic nitrogens is 1. The average Bonchev–Trinajstić information content (AvgIpc) is 2.34. The number of carbonyl (C=O) groups is 2. The summed E-state index contributed by atoms with van der Waals surface area (Å²) in [7, 11) is 0. The Morgan fingerprint density at radius 1 is 1.58 bits per heavy atom. The van der Waals surface area contributed by atoms with Crippen LogP contribution in [0.5, 0.6) is 0 Å². The highest BCUT2D eigenvalue weighted by Gasteiger charge is 1.95. The fraction of sp³-hybridized carbons (Fsp3) is 0.143. The topological polar surface area (TPSA) is 96.2 Å². The van der Waals surface area contributed by atoms with Crippen LogP contribution in [0.15, 0.2) is 18.3 Å². The van der Waals surface area contributed by atoms with Gasteiger partial charge in [-0.1, -0.05) is 0 Å². The number of nitrogens with one attached hydrogen (secondary N) is 1. The van der Waals surface area contributed by atoms with E-state index in [1.165, 1.54) is 0 Å². The Morgan fingerprint density at radius 2 is 2.08 bits per heavy atom. The molecule has 66 valence electrons. The van der Waals surface area contributed by atoms with Crippen LogP contribution in [0, 0.1) is 0 Å². The Labute approximate surface area is 69.2 Å². The minimum absolute atomic E-state index is 0.421. The monoisotopic (exact) mass is 170 g/mol. The number of primary amides is 1. The Kier molecular flexibility index (Phi) is 4.21.